The highest BCUT2D eigenvalue weighted by Crippen LogP contribution is 2.20. The molecule has 0 bridgehead atoms. The zero-order valence-corrected chi connectivity index (χ0v) is 13.8. The van der Waals surface area contributed by atoms with Gasteiger partial charge in [0.2, 0.25) is 0 Å². The first-order chi connectivity index (χ1) is 10.5. The summed E-state index contributed by atoms with van der Waals surface area (Å²) in [5.41, 5.74) is 2.84. The molecule has 1 amide bonds. The first-order valence-corrected chi connectivity index (χ1v) is 8.25. The number of aryl methyl sites for hydroxylation is 1. The summed E-state index contributed by atoms with van der Waals surface area (Å²) in [6, 6.07) is 0. The van der Waals surface area contributed by atoms with Crippen LogP contribution in [0.25, 0.3) is 0 Å². The zero-order valence-electron chi connectivity index (χ0n) is 13.8. The van der Waals surface area contributed by atoms with Gasteiger partial charge >= 0.3 is 0 Å². The van der Waals surface area contributed by atoms with E-state index in [0.717, 1.165) is 30.8 Å². The van der Waals surface area contributed by atoms with Crippen molar-refractivity contribution in [2.24, 2.45) is 5.92 Å². The van der Waals surface area contributed by atoms with Crippen LogP contribution in [0.2, 0.25) is 0 Å². The van der Waals surface area contributed by atoms with Gasteiger partial charge in [-0.15, -0.1) is 0 Å². The SMILES string of the molecule is CCc1c(C(=O)NCCC2CCCNC2)[nH]c(C)c1C(C)=O. The van der Waals surface area contributed by atoms with E-state index in [9.17, 15) is 9.59 Å². The monoisotopic (exact) mass is 305 g/mol. The molecule has 0 saturated carbocycles. The maximum Gasteiger partial charge on any atom is 0.268 e. The van der Waals surface area contributed by atoms with E-state index in [2.05, 4.69) is 15.6 Å². The fourth-order valence-electron chi connectivity index (χ4n) is 3.35. The van der Waals surface area contributed by atoms with Gasteiger partial charge in [0.25, 0.3) is 5.91 Å². The lowest BCUT2D eigenvalue weighted by Crippen LogP contribution is -2.33. The third-order valence-corrected chi connectivity index (χ3v) is 4.46. The lowest BCUT2D eigenvalue weighted by molar-refractivity contribution is 0.0945. The predicted molar refractivity (Wildman–Crippen MR) is 87.5 cm³/mol. The van der Waals surface area contributed by atoms with Crippen LogP contribution in [0.5, 0.6) is 0 Å². The molecule has 1 aromatic rings. The summed E-state index contributed by atoms with van der Waals surface area (Å²) in [7, 11) is 0. The lowest BCUT2D eigenvalue weighted by atomic mass is 9.96. The van der Waals surface area contributed by atoms with Gasteiger partial charge < -0.3 is 15.6 Å². The number of carbonyl (C=O) groups excluding carboxylic acids is 2. The van der Waals surface area contributed by atoms with E-state index in [1.54, 1.807) is 6.92 Å². The number of amides is 1. The predicted octanol–water partition coefficient (Wildman–Crippen LogP) is 2.21. The molecular formula is C17H27N3O2. The molecule has 1 fully saturated rings. The maximum atomic E-state index is 12.4. The van der Waals surface area contributed by atoms with E-state index in [-0.39, 0.29) is 11.7 Å². The number of aromatic amines is 1. The van der Waals surface area contributed by atoms with E-state index in [4.69, 9.17) is 0 Å². The molecule has 1 unspecified atom stereocenters. The van der Waals surface area contributed by atoms with E-state index >= 15 is 0 Å². The number of hydrogen-bond acceptors (Lipinski definition) is 3. The van der Waals surface area contributed by atoms with Crippen LogP contribution in [0, 0.1) is 12.8 Å². The molecule has 22 heavy (non-hydrogen) atoms. The average molecular weight is 305 g/mol. The quantitative estimate of drug-likeness (QED) is 0.705. The highest BCUT2D eigenvalue weighted by molar-refractivity contribution is 6.02. The number of H-pyrrole nitrogens is 1. The van der Waals surface area contributed by atoms with Gasteiger partial charge in [-0.1, -0.05) is 6.92 Å². The van der Waals surface area contributed by atoms with Gasteiger partial charge in [-0.25, -0.2) is 0 Å². The van der Waals surface area contributed by atoms with Gasteiger partial charge in [0.1, 0.15) is 5.69 Å². The zero-order chi connectivity index (χ0) is 16.1. The Kier molecular flexibility index (Phi) is 5.77. The molecule has 2 rings (SSSR count). The Morgan fingerprint density at radius 2 is 2.14 bits per heavy atom. The van der Waals surface area contributed by atoms with Crippen molar-refractivity contribution in [3.8, 4) is 0 Å². The van der Waals surface area contributed by atoms with Crippen molar-refractivity contribution in [2.75, 3.05) is 19.6 Å². The second-order valence-corrected chi connectivity index (χ2v) is 6.15. The van der Waals surface area contributed by atoms with Gasteiger partial charge in [0.05, 0.1) is 0 Å². The standard InChI is InChI=1S/C17H27N3O2/c1-4-14-15(12(3)21)11(2)20-16(14)17(22)19-9-7-13-6-5-8-18-10-13/h13,18,20H,4-10H2,1-3H3,(H,19,22). The molecule has 2 heterocycles. The lowest BCUT2D eigenvalue weighted by Gasteiger charge is -2.22. The van der Waals surface area contributed by atoms with Crippen molar-refractivity contribution < 1.29 is 9.59 Å². The molecule has 1 saturated heterocycles. The van der Waals surface area contributed by atoms with E-state index in [0.29, 0.717) is 30.1 Å². The molecule has 0 aliphatic carbocycles. The van der Waals surface area contributed by atoms with Crippen LogP contribution in [-0.2, 0) is 6.42 Å². The van der Waals surface area contributed by atoms with Crippen LogP contribution in [0.3, 0.4) is 0 Å². The number of carbonyl (C=O) groups is 2. The molecule has 122 valence electrons. The van der Waals surface area contributed by atoms with Crippen LogP contribution >= 0.6 is 0 Å². The molecule has 0 aromatic carbocycles. The Morgan fingerprint density at radius 1 is 1.36 bits per heavy atom. The minimum absolute atomic E-state index is 0.0120. The van der Waals surface area contributed by atoms with Crippen LogP contribution in [0.15, 0.2) is 0 Å². The number of nitrogens with one attached hydrogen (secondary N) is 3. The van der Waals surface area contributed by atoms with E-state index in [1.165, 1.54) is 12.8 Å². The summed E-state index contributed by atoms with van der Waals surface area (Å²) >= 11 is 0. The third-order valence-electron chi connectivity index (χ3n) is 4.46. The van der Waals surface area contributed by atoms with Crippen molar-refractivity contribution in [3.63, 3.8) is 0 Å². The molecule has 3 N–H and O–H groups in total. The summed E-state index contributed by atoms with van der Waals surface area (Å²) in [4.78, 5) is 27.2. The van der Waals surface area contributed by atoms with Crippen molar-refractivity contribution in [1.29, 1.82) is 0 Å². The number of ketones is 1. The topological polar surface area (TPSA) is 74.0 Å². The van der Waals surface area contributed by atoms with Gasteiger partial charge in [-0.3, -0.25) is 9.59 Å². The minimum Gasteiger partial charge on any atom is -0.354 e. The molecule has 5 heteroatoms. The highest BCUT2D eigenvalue weighted by Gasteiger charge is 2.21. The van der Waals surface area contributed by atoms with Gasteiger partial charge in [0.15, 0.2) is 5.78 Å². The molecular weight excluding hydrogens is 278 g/mol. The van der Waals surface area contributed by atoms with Crippen LogP contribution in [0.4, 0.5) is 0 Å². The summed E-state index contributed by atoms with van der Waals surface area (Å²) < 4.78 is 0. The van der Waals surface area contributed by atoms with Crippen molar-refractivity contribution in [2.45, 2.75) is 46.5 Å². The third kappa shape index (κ3) is 3.77. The Balaban J connectivity index is 1.97. The van der Waals surface area contributed by atoms with Gasteiger partial charge in [-0.2, -0.15) is 0 Å². The summed E-state index contributed by atoms with van der Waals surface area (Å²) in [6.07, 6.45) is 4.13. The maximum absolute atomic E-state index is 12.4. The summed E-state index contributed by atoms with van der Waals surface area (Å²) in [5.74, 6) is 0.562. The largest absolute Gasteiger partial charge is 0.354 e. The van der Waals surface area contributed by atoms with Gasteiger partial charge in [-0.05, 0) is 64.1 Å². The minimum atomic E-state index is -0.101. The van der Waals surface area contributed by atoms with Crippen molar-refractivity contribution >= 4 is 11.7 Å². The molecule has 0 radical (unpaired) electrons. The normalized spacial score (nSPS) is 18.2. The van der Waals surface area contributed by atoms with Crippen LogP contribution in [-0.4, -0.2) is 36.3 Å². The number of rotatable bonds is 6. The summed E-state index contributed by atoms with van der Waals surface area (Å²) in [5, 5.41) is 6.38. The van der Waals surface area contributed by atoms with E-state index < -0.39 is 0 Å². The fraction of sp³-hybridized carbons (Fsp3) is 0.647. The van der Waals surface area contributed by atoms with Crippen molar-refractivity contribution in [3.05, 3.63) is 22.5 Å². The Bertz CT molecular complexity index is 542. The van der Waals surface area contributed by atoms with Crippen LogP contribution < -0.4 is 10.6 Å². The number of piperidine rings is 1. The highest BCUT2D eigenvalue weighted by atomic mass is 16.2. The summed E-state index contributed by atoms with van der Waals surface area (Å²) in [6.45, 7) is 8.21. The Morgan fingerprint density at radius 3 is 2.73 bits per heavy atom. The Hall–Kier alpha value is -1.62. The van der Waals surface area contributed by atoms with Crippen molar-refractivity contribution in [1.82, 2.24) is 15.6 Å². The molecule has 1 aromatic heterocycles. The second kappa shape index (κ2) is 7.58. The van der Waals surface area contributed by atoms with E-state index in [1.807, 2.05) is 13.8 Å². The number of Topliss-reactive ketones (excluding diaryl/α,β-unsaturated/α-hetero) is 1. The second-order valence-electron chi connectivity index (χ2n) is 6.15. The van der Waals surface area contributed by atoms with Gasteiger partial charge in [0, 0.05) is 17.8 Å². The van der Waals surface area contributed by atoms with Crippen LogP contribution in [0.1, 0.15) is 65.2 Å². The smallest absolute Gasteiger partial charge is 0.268 e. The first kappa shape index (κ1) is 16.7. The number of hydrogen-bond donors (Lipinski definition) is 3. The molecule has 1 aliphatic heterocycles. The molecule has 1 aliphatic rings. The molecule has 0 spiro atoms. The Labute approximate surface area is 132 Å². The first-order valence-electron chi connectivity index (χ1n) is 8.25. The fourth-order valence-corrected chi connectivity index (χ4v) is 3.35. The molecule has 1 atom stereocenters. The average Bonchev–Trinajstić information content (AvgIpc) is 2.85. The molecule has 5 nitrogen and oxygen atoms in total. The number of aromatic nitrogens is 1.